The molecule has 0 saturated carbocycles. The van der Waals surface area contributed by atoms with Gasteiger partial charge in [-0.2, -0.15) is 4.98 Å². The van der Waals surface area contributed by atoms with E-state index in [9.17, 15) is 9.18 Å². The van der Waals surface area contributed by atoms with E-state index in [1.54, 1.807) is 12.1 Å². The Morgan fingerprint density at radius 3 is 2.59 bits per heavy atom. The highest BCUT2D eigenvalue weighted by atomic mass is 19.1. The number of nitrogens with zero attached hydrogens (tertiary/aromatic N) is 3. The van der Waals surface area contributed by atoms with Gasteiger partial charge < -0.3 is 14.6 Å². The van der Waals surface area contributed by atoms with Crippen LogP contribution >= 0.6 is 0 Å². The Bertz CT molecular complexity index is 1020. The van der Waals surface area contributed by atoms with Crippen molar-refractivity contribution in [2.75, 3.05) is 26.3 Å². The number of rotatable bonds is 9. The molecular formula is C24H27FN4O3. The van der Waals surface area contributed by atoms with Gasteiger partial charge >= 0.3 is 0 Å². The summed E-state index contributed by atoms with van der Waals surface area (Å²) in [4.78, 5) is 19.0. The monoisotopic (exact) mass is 438 g/mol. The molecule has 1 amide bonds. The number of halogens is 1. The molecule has 1 fully saturated rings. The van der Waals surface area contributed by atoms with Crippen molar-refractivity contribution in [2.24, 2.45) is 0 Å². The lowest BCUT2D eigenvalue weighted by atomic mass is 10.1. The highest BCUT2D eigenvalue weighted by Crippen LogP contribution is 2.17. The van der Waals surface area contributed by atoms with Crippen LogP contribution in [0.3, 0.4) is 0 Å². The molecule has 168 valence electrons. The SMILES string of the molecule is O=C(CCCc1nc(-c2ccc(F)cc2)no1)NCc1ccccc1CN1CCOCC1. The van der Waals surface area contributed by atoms with Crippen LogP contribution < -0.4 is 5.32 Å². The Labute approximate surface area is 186 Å². The number of carbonyl (C=O) groups is 1. The molecule has 2 heterocycles. The second kappa shape index (κ2) is 11.0. The van der Waals surface area contributed by atoms with Gasteiger partial charge in [-0.05, 0) is 41.8 Å². The summed E-state index contributed by atoms with van der Waals surface area (Å²) in [5, 5.41) is 6.94. The van der Waals surface area contributed by atoms with Gasteiger partial charge in [0.1, 0.15) is 5.82 Å². The molecule has 1 saturated heterocycles. The molecule has 0 atom stereocenters. The Kier molecular flexibility index (Phi) is 7.58. The van der Waals surface area contributed by atoms with Gasteiger partial charge in [-0.3, -0.25) is 9.69 Å². The first-order valence-corrected chi connectivity index (χ1v) is 10.9. The number of hydrogen-bond donors (Lipinski definition) is 1. The lowest BCUT2D eigenvalue weighted by Crippen LogP contribution is -2.36. The van der Waals surface area contributed by atoms with Crippen molar-refractivity contribution >= 4 is 5.91 Å². The van der Waals surface area contributed by atoms with E-state index in [2.05, 4.69) is 32.5 Å². The largest absolute Gasteiger partial charge is 0.379 e. The number of morpholine rings is 1. The molecule has 0 spiro atoms. The summed E-state index contributed by atoms with van der Waals surface area (Å²) >= 11 is 0. The minimum Gasteiger partial charge on any atom is -0.379 e. The second-order valence-corrected chi connectivity index (χ2v) is 7.81. The maximum atomic E-state index is 13.0. The van der Waals surface area contributed by atoms with Crippen LogP contribution in [0.15, 0.2) is 53.1 Å². The van der Waals surface area contributed by atoms with E-state index in [1.807, 2.05) is 12.1 Å². The maximum Gasteiger partial charge on any atom is 0.226 e. The van der Waals surface area contributed by atoms with E-state index in [0.717, 1.165) is 38.4 Å². The lowest BCUT2D eigenvalue weighted by molar-refractivity contribution is -0.121. The molecule has 7 nitrogen and oxygen atoms in total. The number of aromatic nitrogens is 2. The van der Waals surface area contributed by atoms with Gasteiger partial charge in [0.05, 0.1) is 13.2 Å². The van der Waals surface area contributed by atoms with Crippen molar-refractivity contribution in [1.29, 1.82) is 0 Å². The van der Waals surface area contributed by atoms with E-state index in [0.29, 0.717) is 43.1 Å². The van der Waals surface area contributed by atoms with E-state index < -0.39 is 0 Å². The molecule has 0 aliphatic carbocycles. The van der Waals surface area contributed by atoms with Crippen LogP contribution in [0, 0.1) is 5.82 Å². The zero-order valence-corrected chi connectivity index (χ0v) is 17.9. The number of carbonyl (C=O) groups excluding carboxylic acids is 1. The van der Waals surface area contributed by atoms with Crippen LogP contribution in [0.2, 0.25) is 0 Å². The predicted octanol–water partition coefficient (Wildman–Crippen LogP) is 3.35. The summed E-state index contributed by atoms with van der Waals surface area (Å²) < 4.78 is 23.7. The fraction of sp³-hybridized carbons (Fsp3) is 0.375. The summed E-state index contributed by atoms with van der Waals surface area (Å²) in [5.74, 6) is 0.561. The van der Waals surface area contributed by atoms with Crippen LogP contribution in [-0.4, -0.2) is 47.3 Å². The van der Waals surface area contributed by atoms with E-state index >= 15 is 0 Å². The first-order chi connectivity index (χ1) is 15.7. The number of hydrogen-bond acceptors (Lipinski definition) is 6. The molecule has 1 aliphatic heterocycles. The van der Waals surface area contributed by atoms with Crippen molar-refractivity contribution in [3.63, 3.8) is 0 Å². The molecule has 0 unspecified atom stereocenters. The summed E-state index contributed by atoms with van der Waals surface area (Å²) in [6.45, 7) is 4.77. The number of amides is 1. The lowest BCUT2D eigenvalue weighted by Gasteiger charge is -2.27. The van der Waals surface area contributed by atoms with Crippen LogP contribution in [0.25, 0.3) is 11.4 Å². The first kappa shape index (κ1) is 22.1. The molecule has 0 radical (unpaired) electrons. The van der Waals surface area contributed by atoms with E-state index in [4.69, 9.17) is 9.26 Å². The summed E-state index contributed by atoms with van der Waals surface area (Å²) in [5.41, 5.74) is 3.05. The van der Waals surface area contributed by atoms with Crippen molar-refractivity contribution in [1.82, 2.24) is 20.4 Å². The molecule has 8 heteroatoms. The number of benzene rings is 2. The minimum atomic E-state index is -0.313. The van der Waals surface area contributed by atoms with Gasteiger partial charge in [-0.25, -0.2) is 4.39 Å². The molecule has 1 aliphatic rings. The van der Waals surface area contributed by atoms with Gasteiger partial charge in [0.25, 0.3) is 0 Å². The third-order valence-electron chi connectivity index (χ3n) is 5.46. The quantitative estimate of drug-likeness (QED) is 0.552. The smallest absolute Gasteiger partial charge is 0.226 e. The summed E-state index contributed by atoms with van der Waals surface area (Å²) in [7, 11) is 0. The maximum absolute atomic E-state index is 13.0. The average molecular weight is 439 g/mol. The molecule has 1 N–H and O–H groups in total. The summed E-state index contributed by atoms with van der Waals surface area (Å²) in [6.07, 6.45) is 1.49. The Morgan fingerprint density at radius 2 is 1.81 bits per heavy atom. The van der Waals surface area contributed by atoms with Gasteiger partial charge in [0, 0.05) is 44.6 Å². The molecular weight excluding hydrogens is 411 g/mol. The van der Waals surface area contributed by atoms with Gasteiger partial charge in [0.15, 0.2) is 0 Å². The zero-order valence-electron chi connectivity index (χ0n) is 17.9. The molecule has 2 aromatic carbocycles. The van der Waals surface area contributed by atoms with Gasteiger partial charge in [-0.15, -0.1) is 0 Å². The van der Waals surface area contributed by atoms with Crippen molar-refractivity contribution < 1.29 is 18.4 Å². The highest BCUT2D eigenvalue weighted by molar-refractivity contribution is 5.75. The predicted molar refractivity (Wildman–Crippen MR) is 117 cm³/mol. The van der Waals surface area contributed by atoms with Crippen LogP contribution in [0.5, 0.6) is 0 Å². The summed E-state index contributed by atoms with van der Waals surface area (Å²) in [6, 6.07) is 14.1. The normalized spacial score (nSPS) is 14.4. The topological polar surface area (TPSA) is 80.5 Å². The van der Waals surface area contributed by atoms with E-state index in [-0.39, 0.29) is 11.7 Å². The second-order valence-electron chi connectivity index (χ2n) is 7.81. The molecule has 1 aromatic heterocycles. The molecule has 3 aromatic rings. The number of nitrogens with one attached hydrogen (secondary N) is 1. The fourth-order valence-electron chi connectivity index (χ4n) is 3.64. The third-order valence-corrected chi connectivity index (χ3v) is 5.46. The minimum absolute atomic E-state index is 0.00977. The van der Waals surface area contributed by atoms with E-state index in [1.165, 1.54) is 17.7 Å². The molecule has 4 rings (SSSR count). The number of ether oxygens (including phenoxy) is 1. The molecule has 0 bridgehead atoms. The first-order valence-electron chi connectivity index (χ1n) is 10.9. The van der Waals surface area contributed by atoms with Gasteiger partial charge in [-0.1, -0.05) is 29.4 Å². The zero-order chi connectivity index (χ0) is 22.2. The average Bonchev–Trinajstić information content (AvgIpc) is 3.28. The van der Waals surface area contributed by atoms with Crippen molar-refractivity contribution in [2.45, 2.75) is 32.4 Å². The Balaban J connectivity index is 1.22. The molecule has 32 heavy (non-hydrogen) atoms. The Hall–Kier alpha value is -3.10. The standard InChI is InChI=1S/C24H27FN4O3/c25-21-10-8-18(9-11-21)24-27-23(32-28-24)7-3-6-22(30)26-16-19-4-1-2-5-20(19)17-29-12-14-31-15-13-29/h1-2,4-5,8-11H,3,6-7,12-17H2,(H,26,30). The Morgan fingerprint density at radius 1 is 1.06 bits per heavy atom. The van der Waals surface area contributed by atoms with Crippen LogP contribution in [0.4, 0.5) is 4.39 Å². The van der Waals surface area contributed by atoms with Gasteiger partial charge in [0.2, 0.25) is 17.6 Å². The van der Waals surface area contributed by atoms with Crippen LogP contribution in [0.1, 0.15) is 29.9 Å². The highest BCUT2D eigenvalue weighted by Gasteiger charge is 2.13. The fourth-order valence-corrected chi connectivity index (χ4v) is 3.64. The van der Waals surface area contributed by atoms with Crippen molar-refractivity contribution in [3.05, 3.63) is 71.4 Å². The van der Waals surface area contributed by atoms with Crippen molar-refractivity contribution in [3.8, 4) is 11.4 Å². The number of aryl methyl sites for hydroxylation is 1. The van der Waals surface area contributed by atoms with Crippen LogP contribution in [-0.2, 0) is 29.0 Å². The third kappa shape index (κ3) is 6.21.